The van der Waals surface area contributed by atoms with Crippen molar-refractivity contribution in [2.75, 3.05) is 13.2 Å². The Morgan fingerprint density at radius 1 is 1.13 bits per heavy atom. The van der Waals surface area contributed by atoms with E-state index in [2.05, 4.69) is 22.0 Å². The number of aliphatic hydroxyl groups is 1. The molecular weight excluding hydrogens is 256 g/mol. The molecule has 2 aromatic rings. The van der Waals surface area contributed by atoms with Crippen LogP contribution in [0, 0.1) is 0 Å². The molecule has 0 radical (unpaired) electrons. The van der Waals surface area contributed by atoms with Gasteiger partial charge in [0, 0.05) is 0 Å². The standard InChI is InChI=1S/C12H11BrO2/c13-12-10-4-2-1-3-9(10)5-6-11(12)15-8-7-14/h1-6,14H,7-8H2. The van der Waals surface area contributed by atoms with E-state index in [1.54, 1.807) is 0 Å². The van der Waals surface area contributed by atoms with Crippen LogP contribution in [-0.4, -0.2) is 18.3 Å². The van der Waals surface area contributed by atoms with Crippen molar-refractivity contribution in [3.63, 3.8) is 0 Å². The van der Waals surface area contributed by atoms with Gasteiger partial charge in [-0.2, -0.15) is 0 Å². The lowest BCUT2D eigenvalue weighted by Gasteiger charge is -2.08. The van der Waals surface area contributed by atoms with E-state index in [0.717, 1.165) is 15.6 Å². The highest BCUT2D eigenvalue weighted by atomic mass is 79.9. The van der Waals surface area contributed by atoms with E-state index in [1.165, 1.54) is 5.39 Å². The summed E-state index contributed by atoms with van der Waals surface area (Å²) < 4.78 is 6.34. The van der Waals surface area contributed by atoms with Crippen LogP contribution in [0.3, 0.4) is 0 Å². The first kappa shape index (κ1) is 10.5. The number of benzene rings is 2. The minimum Gasteiger partial charge on any atom is -0.490 e. The maximum absolute atomic E-state index is 8.69. The predicted molar refractivity (Wildman–Crippen MR) is 64.2 cm³/mol. The molecular formula is C12H11BrO2. The maximum atomic E-state index is 8.69. The van der Waals surface area contributed by atoms with Gasteiger partial charge in [-0.25, -0.2) is 0 Å². The fourth-order valence-corrected chi connectivity index (χ4v) is 2.09. The smallest absolute Gasteiger partial charge is 0.134 e. The second-order valence-corrected chi connectivity index (χ2v) is 3.96. The molecule has 0 heterocycles. The summed E-state index contributed by atoms with van der Waals surface area (Å²) in [6.45, 7) is 0.343. The number of halogens is 1. The summed E-state index contributed by atoms with van der Waals surface area (Å²) in [5.41, 5.74) is 0. The molecule has 0 aromatic heterocycles. The second-order valence-electron chi connectivity index (χ2n) is 3.17. The second kappa shape index (κ2) is 4.64. The van der Waals surface area contributed by atoms with Gasteiger partial charge in [-0.05, 0) is 32.8 Å². The third-order valence-corrected chi connectivity index (χ3v) is 2.99. The fourth-order valence-electron chi connectivity index (χ4n) is 1.48. The number of aliphatic hydroxyl groups excluding tert-OH is 1. The third kappa shape index (κ3) is 2.13. The molecule has 2 nitrogen and oxygen atoms in total. The largest absolute Gasteiger partial charge is 0.490 e. The topological polar surface area (TPSA) is 29.5 Å². The van der Waals surface area contributed by atoms with Crippen molar-refractivity contribution in [3.8, 4) is 5.75 Å². The van der Waals surface area contributed by atoms with Crippen LogP contribution in [0.25, 0.3) is 10.8 Å². The number of rotatable bonds is 3. The van der Waals surface area contributed by atoms with Crippen LogP contribution >= 0.6 is 15.9 Å². The van der Waals surface area contributed by atoms with Gasteiger partial charge in [-0.15, -0.1) is 0 Å². The first-order valence-corrected chi connectivity index (χ1v) is 5.53. The maximum Gasteiger partial charge on any atom is 0.134 e. The summed E-state index contributed by atoms with van der Waals surface area (Å²) in [6, 6.07) is 12.0. The molecule has 0 bridgehead atoms. The van der Waals surface area contributed by atoms with E-state index in [-0.39, 0.29) is 6.61 Å². The monoisotopic (exact) mass is 266 g/mol. The highest BCUT2D eigenvalue weighted by Gasteiger charge is 2.04. The van der Waals surface area contributed by atoms with Crippen molar-refractivity contribution in [2.24, 2.45) is 0 Å². The van der Waals surface area contributed by atoms with Crippen molar-refractivity contribution < 1.29 is 9.84 Å². The number of hydrogen-bond acceptors (Lipinski definition) is 2. The van der Waals surface area contributed by atoms with Crippen LogP contribution in [0.4, 0.5) is 0 Å². The Hall–Kier alpha value is -1.06. The average molecular weight is 267 g/mol. The summed E-state index contributed by atoms with van der Waals surface area (Å²) in [5, 5.41) is 11.0. The highest BCUT2D eigenvalue weighted by Crippen LogP contribution is 2.32. The Balaban J connectivity index is 2.45. The molecule has 1 N–H and O–H groups in total. The first-order valence-electron chi connectivity index (χ1n) is 4.74. The lowest BCUT2D eigenvalue weighted by Crippen LogP contribution is -2.02. The molecule has 2 rings (SSSR count). The van der Waals surface area contributed by atoms with Gasteiger partial charge in [0.15, 0.2) is 0 Å². The van der Waals surface area contributed by atoms with Crippen molar-refractivity contribution in [1.82, 2.24) is 0 Å². The molecule has 15 heavy (non-hydrogen) atoms. The lowest BCUT2D eigenvalue weighted by atomic mass is 10.1. The van der Waals surface area contributed by atoms with E-state index in [4.69, 9.17) is 9.84 Å². The van der Waals surface area contributed by atoms with Crippen molar-refractivity contribution in [1.29, 1.82) is 0 Å². The lowest BCUT2D eigenvalue weighted by molar-refractivity contribution is 0.201. The molecule has 0 fully saturated rings. The summed E-state index contributed by atoms with van der Waals surface area (Å²) in [4.78, 5) is 0. The first-order chi connectivity index (χ1) is 7.33. The zero-order valence-corrected chi connectivity index (χ0v) is 9.70. The molecule has 3 heteroatoms. The predicted octanol–water partition coefficient (Wildman–Crippen LogP) is 2.97. The third-order valence-electron chi connectivity index (χ3n) is 2.18. The van der Waals surface area contributed by atoms with Gasteiger partial charge >= 0.3 is 0 Å². The molecule has 0 saturated heterocycles. The van der Waals surface area contributed by atoms with Gasteiger partial charge in [0.2, 0.25) is 0 Å². The van der Waals surface area contributed by atoms with E-state index in [0.29, 0.717) is 6.61 Å². The van der Waals surface area contributed by atoms with E-state index in [9.17, 15) is 0 Å². The van der Waals surface area contributed by atoms with Crippen LogP contribution in [0.1, 0.15) is 0 Å². The zero-order chi connectivity index (χ0) is 10.7. The summed E-state index contributed by atoms with van der Waals surface area (Å²) in [5.74, 6) is 0.766. The van der Waals surface area contributed by atoms with E-state index < -0.39 is 0 Å². The van der Waals surface area contributed by atoms with Crippen LogP contribution in [0.15, 0.2) is 40.9 Å². The molecule has 0 unspecified atom stereocenters. The van der Waals surface area contributed by atoms with Crippen LogP contribution in [0.5, 0.6) is 5.75 Å². The molecule has 2 aromatic carbocycles. The van der Waals surface area contributed by atoms with Gasteiger partial charge in [0.25, 0.3) is 0 Å². The number of hydrogen-bond donors (Lipinski definition) is 1. The minimum atomic E-state index is 0.0271. The minimum absolute atomic E-state index is 0.0271. The Labute approximate surface area is 96.6 Å². The molecule has 0 aliphatic carbocycles. The normalized spacial score (nSPS) is 10.5. The summed E-state index contributed by atoms with van der Waals surface area (Å²) in [6.07, 6.45) is 0. The van der Waals surface area contributed by atoms with Crippen LogP contribution in [0.2, 0.25) is 0 Å². The number of fused-ring (bicyclic) bond motifs is 1. The fraction of sp³-hybridized carbons (Fsp3) is 0.167. The molecule has 0 atom stereocenters. The Morgan fingerprint density at radius 3 is 2.73 bits per heavy atom. The molecule has 78 valence electrons. The molecule has 0 aliphatic rings. The Kier molecular flexibility index (Phi) is 3.23. The van der Waals surface area contributed by atoms with Crippen molar-refractivity contribution in [3.05, 3.63) is 40.9 Å². The average Bonchev–Trinajstić information content (AvgIpc) is 2.29. The molecule has 0 amide bonds. The molecule has 0 saturated carbocycles. The quantitative estimate of drug-likeness (QED) is 0.926. The molecule has 0 spiro atoms. The van der Waals surface area contributed by atoms with Gasteiger partial charge in [-0.1, -0.05) is 30.3 Å². The Bertz CT molecular complexity index is 468. The van der Waals surface area contributed by atoms with E-state index in [1.807, 2.05) is 30.3 Å². The van der Waals surface area contributed by atoms with E-state index >= 15 is 0 Å². The van der Waals surface area contributed by atoms with Crippen LogP contribution in [-0.2, 0) is 0 Å². The number of ether oxygens (including phenoxy) is 1. The van der Waals surface area contributed by atoms with Gasteiger partial charge < -0.3 is 9.84 Å². The SMILES string of the molecule is OCCOc1ccc2ccccc2c1Br. The Morgan fingerprint density at radius 2 is 1.93 bits per heavy atom. The zero-order valence-electron chi connectivity index (χ0n) is 8.11. The summed E-state index contributed by atoms with van der Waals surface area (Å²) in [7, 11) is 0. The molecule has 0 aliphatic heterocycles. The van der Waals surface area contributed by atoms with Gasteiger partial charge in [0.05, 0.1) is 11.1 Å². The summed E-state index contributed by atoms with van der Waals surface area (Å²) >= 11 is 3.51. The van der Waals surface area contributed by atoms with Gasteiger partial charge in [-0.3, -0.25) is 0 Å². The van der Waals surface area contributed by atoms with Gasteiger partial charge in [0.1, 0.15) is 12.4 Å². The van der Waals surface area contributed by atoms with Crippen molar-refractivity contribution >= 4 is 26.7 Å². The van der Waals surface area contributed by atoms with Crippen LogP contribution < -0.4 is 4.74 Å². The highest BCUT2D eigenvalue weighted by molar-refractivity contribution is 9.10. The van der Waals surface area contributed by atoms with Crippen molar-refractivity contribution in [2.45, 2.75) is 0 Å².